The lowest BCUT2D eigenvalue weighted by molar-refractivity contribution is -0.0149. The molecule has 0 aromatic heterocycles. The maximum absolute atomic E-state index is 5.85. The summed E-state index contributed by atoms with van der Waals surface area (Å²) < 4.78 is 5.85. The Morgan fingerprint density at radius 2 is 2.04 bits per heavy atom. The molecule has 1 heterocycles. The number of rotatable bonds is 6. The highest BCUT2D eigenvalue weighted by Gasteiger charge is 2.15. The Morgan fingerprint density at radius 1 is 1.28 bits per heavy atom. The van der Waals surface area contributed by atoms with Gasteiger partial charge in [0, 0.05) is 25.4 Å². The van der Waals surface area contributed by atoms with Crippen LogP contribution >= 0.6 is 35.7 Å². The molecule has 0 amide bonds. The number of benzene rings is 1. The molecule has 1 saturated heterocycles. The van der Waals surface area contributed by atoms with Crippen LogP contribution in [0.15, 0.2) is 29.3 Å². The molecule has 1 atom stereocenters. The lowest BCUT2D eigenvalue weighted by Crippen LogP contribution is -2.39. The summed E-state index contributed by atoms with van der Waals surface area (Å²) in [5.74, 6) is 2.17. The normalized spacial score (nSPS) is 17.9. The van der Waals surface area contributed by atoms with Gasteiger partial charge in [-0.1, -0.05) is 24.3 Å². The van der Waals surface area contributed by atoms with E-state index in [0.29, 0.717) is 6.61 Å². The number of nitrogens with one attached hydrogen (secondary N) is 2. The standard InChI is InChI=1S/C19H31N3OS.HI/c1-19(2,3)23-14-16-8-5-7-15(11-16)12-21-18(20-4)22-13-17-9-6-10-24-17;/h5,7-8,11,17H,6,9-10,12-14H2,1-4H3,(H2,20,21,22);1H. The van der Waals surface area contributed by atoms with E-state index in [1.807, 2.05) is 7.05 Å². The number of ether oxygens (including phenoxy) is 1. The molecule has 1 fully saturated rings. The van der Waals surface area contributed by atoms with E-state index in [9.17, 15) is 0 Å². The maximum Gasteiger partial charge on any atom is 0.191 e. The highest BCUT2D eigenvalue weighted by atomic mass is 127. The zero-order chi connectivity index (χ0) is 17.4. The van der Waals surface area contributed by atoms with E-state index in [0.717, 1.165) is 24.3 Å². The molecule has 1 aromatic rings. The summed E-state index contributed by atoms with van der Waals surface area (Å²) in [6.45, 7) is 8.64. The minimum atomic E-state index is -0.113. The van der Waals surface area contributed by atoms with E-state index in [2.05, 4.69) is 72.4 Å². The first-order valence-corrected chi connectivity index (χ1v) is 9.79. The molecule has 0 spiro atoms. The van der Waals surface area contributed by atoms with E-state index >= 15 is 0 Å². The fourth-order valence-electron chi connectivity index (χ4n) is 2.55. The first kappa shape index (κ1) is 22.6. The van der Waals surface area contributed by atoms with Gasteiger partial charge in [-0.3, -0.25) is 4.99 Å². The van der Waals surface area contributed by atoms with Gasteiger partial charge >= 0.3 is 0 Å². The van der Waals surface area contributed by atoms with Gasteiger partial charge in [0.2, 0.25) is 0 Å². The predicted molar refractivity (Wildman–Crippen MR) is 120 cm³/mol. The van der Waals surface area contributed by atoms with Gasteiger partial charge in [0.25, 0.3) is 0 Å². The highest BCUT2D eigenvalue weighted by molar-refractivity contribution is 14.0. The first-order valence-electron chi connectivity index (χ1n) is 8.74. The second-order valence-electron chi connectivity index (χ2n) is 7.16. The molecule has 25 heavy (non-hydrogen) atoms. The molecule has 4 nitrogen and oxygen atoms in total. The van der Waals surface area contributed by atoms with Crippen LogP contribution in [0, 0.1) is 0 Å². The largest absolute Gasteiger partial charge is 0.371 e. The summed E-state index contributed by atoms with van der Waals surface area (Å²) in [6, 6.07) is 8.52. The second-order valence-corrected chi connectivity index (χ2v) is 8.57. The minimum Gasteiger partial charge on any atom is -0.371 e. The molecule has 1 aromatic carbocycles. The van der Waals surface area contributed by atoms with Crippen molar-refractivity contribution in [1.29, 1.82) is 0 Å². The van der Waals surface area contributed by atoms with E-state index in [1.165, 1.54) is 29.7 Å². The van der Waals surface area contributed by atoms with Crippen molar-refractivity contribution < 1.29 is 4.74 Å². The number of thioether (sulfide) groups is 1. The summed E-state index contributed by atoms with van der Waals surface area (Å²) in [6.07, 6.45) is 2.65. The topological polar surface area (TPSA) is 45.7 Å². The Kier molecular flexibility index (Phi) is 10.2. The maximum atomic E-state index is 5.85. The van der Waals surface area contributed by atoms with E-state index in [1.54, 1.807) is 0 Å². The van der Waals surface area contributed by atoms with Gasteiger partial charge in [0.1, 0.15) is 0 Å². The number of guanidine groups is 1. The molecular formula is C19H32IN3OS. The van der Waals surface area contributed by atoms with Crippen molar-refractivity contribution in [2.75, 3.05) is 19.3 Å². The molecule has 1 unspecified atom stereocenters. The molecule has 1 aliphatic rings. The average molecular weight is 477 g/mol. The van der Waals surface area contributed by atoms with Crippen molar-refractivity contribution >= 4 is 41.7 Å². The Labute approximate surface area is 174 Å². The number of nitrogens with zero attached hydrogens (tertiary/aromatic N) is 1. The summed E-state index contributed by atoms with van der Waals surface area (Å²) >= 11 is 2.06. The van der Waals surface area contributed by atoms with Gasteiger partial charge in [-0.05, 0) is 50.5 Å². The zero-order valence-electron chi connectivity index (χ0n) is 15.8. The van der Waals surface area contributed by atoms with Crippen LogP contribution in [0.5, 0.6) is 0 Å². The average Bonchev–Trinajstić information content (AvgIpc) is 3.06. The van der Waals surface area contributed by atoms with Crippen LogP contribution in [0.1, 0.15) is 44.7 Å². The number of hydrogen-bond donors (Lipinski definition) is 2. The molecule has 0 saturated carbocycles. The van der Waals surface area contributed by atoms with Crippen LogP contribution in [-0.2, 0) is 17.9 Å². The van der Waals surface area contributed by atoms with Crippen LogP contribution < -0.4 is 10.6 Å². The van der Waals surface area contributed by atoms with Crippen LogP contribution in [0.25, 0.3) is 0 Å². The SMILES string of the molecule is CN=C(NCc1cccc(COC(C)(C)C)c1)NCC1CCCS1.I. The molecule has 6 heteroatoms. The number of aliphatic imine (C=N–C) groups is 1. The summed E-state index contributed by atoms with van der Waals surface area (Å²) in [5.41, 5.74) is 2.33. The number of halogens is 1. The quantitative estimate of drug-likeness (QED) is 0.367. The van der Waals surface area contributed by atoms with Crippen LogP contribution in [0.2, 0.25) is 0 Å². The van der Waals surface area contributed by atoms with Crippen molar-refractivity contribution in [1.82, 2.24) is 10.6 Å². The van der Waals surface area contributed by atoms with Crippen LogP contribution in [-0.4, -0.2) is 36.2 Å². The summed E-state index contributed by atoms with van der Waals surface area (Å²) in [5, 5.41) is 7.56. The van der Waals surface area contributed by atoms with Gasteiger partial charge in [0.05, 0.1) is 12.2 Å². The van der Waals surface area contributed by atoms with Crippen molar-refractivity contribution in [3.05, 3.63) is 35.4 Å². The van der Waals surface area contributed by atoms with Crippen molar-refractivity contribution in [3.63, 3.8) is 0 Å². The Bertz CT molecular complexity index is 540. The van der Waals surface area contributed by atoms with Crippen molar-refractivity contribution in [2.24, 2.45) is 4.99 Å². The molecule has 2 rings (SSSR count). The third-order valence-corrected chi connectivity index (χ3v) is 5.27. The molecular weight excluding hydrogens is 445 g/mol. The second kappa shape index (κ2) is 11.3. The van der Waals surface area contributed by atoms with Crippen LogP contribution in [0.3, 0.4) is 0 Å². The molecule has 142 valence electrons. The fraction of sp³-hybridized carbons (Fsp3) is 0.632. The molecule has 1 aliphatic heterocycles. The highest BCUT2D eigenvalue weighted by Crippen LogP contribution is 2.25. The summed E-state index contributed by atoms with van der Waals surface area (Å²) in [4.78, 5) is 4.32. The Morgan fingerprint density at radius 3 is 2.68 bits per heavy atom. The van der Waals surface area contributed by atoms with E-state index in [-0.39, 0.29) is 29.6 Å². The third kappa shape index (κ3) is 9.15. The monoisotopic (exact) mass is 477 g/mol. The lowest BCUT2D eigenvalue weighted by Gasteiger charge is -2.20. The molecule has 0 radical (unpaired) electrons. The lowest BCUT2D eigenvalue weighted by atomic mass is 10.1. The van der Waals surface area contributed by atoms with Gasteiger partial charge in [0.15, 0.2) is 5.96 Å². The predicted octanol–water partition coefficient (Wildman–Crippen LogP) is 4.18. The molecule has 0 bridgehead atoms. The Hall–Kier alpha value is -0.470. The zero-order valence-corrected chi connectivity index (χ0v) is 18.9. The van der Waals surface area contributed by atoms with Crippen molar-refractivity contribution in [2.45, 2.75) is 57.6 Å². The number of hydrogen-bond acceptors (Lipinski definition) is 3. The van der Waals surface area contributed by atoms with Gasteiger partial charge in [-0.2, -0.15) is 11.8 Å². The molecule has 0 aliphatic carbocycles. The van der Waals surface area contributed by atoms with Gasteiger partial charge in [-0.15, -0.1) is 24.0 Å². The first-order chi connectivity index (χ1) is 11.5. The Balaban J connectivity index is 0.00000312. The third-order valence-electron chi connectivity index (χ3n) is 3.87. The van der Waals surface area contributed by atoms with Gasteiger partial charge in [-0.25, -0.2) is 0 Å². The smallest absolute Gasteiger partial charge is 0.191 e. The minimum absolute atomic E-state index is 0. The molecule has 2 N–H and O–H groups in total. The fourth-order valence-corrected chi connectivity index (χ4v) is 3.75. The van der Waals surface area contributed by atoms with E-state index in [4.69, 9.17) is 4.74 Å². The van der Waals surface area contributed by atoms with Crippen molar-refractivity contribution in [3.8, 4) is 0 Å². The van der Waals surface area contributed by atoms with E-state index < -0.39 is 0 Å². The van der Waals surface area contributed by atoms with Gasteiger partial charge < -0.3 is 15.4 Å². The summed E-state index contributed by atoms with van der Waals surface area (Å²) in [7, 11) is 1.82. The van der Waals surface area contributed by atoms with Crippen LogP contribution in [0.4, 0.5) is 0 Å².